The van der Waals surface area contributed by atoms with E-state index in [0.717, 1.165) is 12.1 Å². The Morgan fingerprint density at radius 2 is 2.00 bits per heavy atom. The van der Waals surface area contributed by atoms with E-state index < -0.39 is 0 Å². The van der Waals surface area contributed by atoms with Crippen LogP contribution in [-0.4, -0.2) is 36.5 Å². The number of amides is 1. The van der Waals surface area contributed by atoms with Crippen molar-refractivity contribution in [3.63, 3.8) is 0 Å². The van der Waals surface area contributed by atoms with Crippen LogP contribution >= 0.6 is 11.6 Å². The molecule has 2 aromatic rings. The standard InChI is InChI=1S/C19H22ClN3O/c1-13-7-8-18(16(20)9-13)22-19(24)12-23-10-15(17(21)11-23)14-5-3-2-4-6-14/h2-9,15,17H,10-12,21H2,1H3,(H,22,24)/t15-,17+/m0/s1. The number of rotatable bonds is 4. The average Bonchev–Trinajstić information content (AvgIpc) is 2.91. The van der Waals surface area contributed by atoms with Crippen LogP contribution in [0.1, 0.15) is 17.0 Å². The van der Waals surface area contributed by atoms with Crippen LogP contribution in [0.5, 0.6) is 0 Å². The van der Waals surface area contributed by atoms with E-state index in [0.29, 0.717) is 23.8 Å². The summed E-state index contributed by atoms with van der Waals surface area (Å²) >= 11 is 6.17. The van der Waals surface area contributed by atoms with Gasteiger partial charge < -0.3 is 11.1 Å². The number of aryl methyl sites for hydroxylation is 1. The Hall–Kier alpha value is -1.88. The van der Waals surface area contributed by atoms with Gasteiger partial charge in [-0.05, 0) is 30.2 Å². The van der Waals surface area contributed by atoms with Gasteiger partial charge in [0, 0.05) is 25.0 Å². The molecule has 1 fully saturated rings. The third-order valence-electron chi connectivity index (χ3n) is 4.43. The van der Waals surface area contributed by atoms with Crippen LogP contribution in [0.2, 0.25) is 5.02 Å². The van der Waals surface area contributed by atoms with Crippen LogP contribution < -0.4 is 11.1 Å². The second kappa shape index (κ2) is 7.34. The molecular weight excluding hydrogens is 322 g/mol. The minimum Gasteiger partial charge on any atom is -0.326 e. The number of anilines is 1. The molecular formula is C19H22ClN3O. The van der Waals surface area contributed by atoms with E-state index in [1.165, 1.54) is 5.56 Å². The van der Waals surface area contributed by atoms with Gasteiger partial charge in [-0.3, -0.25) is 9.69 Å². The molecule has 3 N–H and O–H groups in total. The lowest BCUT2D eigenvalue weighted by atomic mass is 9.95. The van der Waals surface area contributed by atoms with Crippen molar-refractivity contribution in [1.82, 2.24) is 4.90 Å². The quantitative estimate of drug-likeness (QED) is 0.897. The van der Waals surface area contributed by atoms with Gasteiger partial charge in [-0.25, -0.2) is 0 Å². The monoisotopic (exact) mass is 343 g/mol. The van der Waals surface area contributed by atoms with Crippen molar-refractivity contribution < 1.29 is 4.79 Å². The first-order valence-electron chi connectivity index (χ1n) is 8.12. The predicted molar refractivity (Wildman–Crippen MR) is 98.4 cm³/mol. The molecule has 1 saturated heterocycles. The molecule has 1 aliphatic heterocycles. The number of carbonyl (C=O) groups excluding carboxylic acids is 1. The first-order valence-corrected chi connectivity index (χ1v) is 8.49. The fourth-order valence-electron chi connectivity index (χ4n) is 3.21. The summed E-state index contributed by atoms with van der Waals surface area (Å²) in [6.07, 6.45) is 0. The van der Waals surface area contributed by atoms with Gasteiger partial charge in [0.15, 0.2) is 0 Å². The summed E-state index contributed by atoms with van der Waals surface area (Å²) in [5, 5.41) is 3.44. The lowest BCUT2D eigenvalue weighted by Crippen LogP contribution is -2.33. The maximum Gasteiger partial charge on any atom is 0.238 e. The minimum absolute atomic E-state index is 0.0446. The Labute approximate surface area is 147 Å². The second-order valence-electron chi connectivity index (χ2n) is 6.41. The zero-order valence-electron chi connectivity index (χ0n) is 13.7. The maximum absolute atomic E-state index is 12.3. The van der Waals surface area contributed by atoms with E-state index in [4.69, 9.17) is 17.3 Å². The number of carbonyl (C=O) groups is 1. The van der Waals surface area contributed by atoms with Crippen LogP contribution in [0.3, 0.4) is 0 Å². The van der Waals surface area contributed by atoms with E-state index >= 15 is 0 Å². The molecule has 1 aliphatic rings. The van der Waals surface area contributed by atoms with Crippen molar-refractivity contribution in [2.45, 2.75) is 18.9 Å². The summed E-state index contributed by atoms with van der Waals surface area (Å²) in [5.41, 5.74) is 9.22. The predicted octanol–water partition coefficient (Wildman–Crippen LogP) is 3.01. The Kier molecular flexibility index (Phi) is 5.19. The Balaban J connectivity index is 1.59. The smallest absolute Gasteiger partial charge is 0.238 e. The van der Waals surface area contributed by atoms with E-state index in [2.05, 4.69) is 22.3 Å². The molecule has 2 atom stereocenters. The fraction of sp³-hybridized carbons (Fsp3) is 0.316. The fourth-order valence-corrected chi connectivity index (χ4v) is 3.49. The lowest BCUT2D eigenvalue weighted by Gasteiger charge is -2.16. The molecule has 0 aliphatic carbocycles. The second-order valence-corrected chi connectivity index (χ2v) is 6.81. The molecule has 0 unspecified atom stereocenters. The number of nitrogens with two attached hydrogens (primary N) is 1. The van der Waals surface area contributed by atoms with Gasteiger partial charge >= 0.3 is 0 Å². The molecule has 0 spiro atoms. The summed E-state index contributed by atoms with van der Waals surface area (Å²) in [5.74, 6) is 0.198. The van der Waals surface area contributed by atoms with Gasteiger partial charge in [-0.15, -0.1) is 0 Å². The number of hydrogen-bond acceptors (Lipinski definition) is 3. The summed E-state index contributed by atoms with van der Waals surface area (Å²) < 4.78 is 0. The van der Waals surface area contributed by atoms with Crippen molar-refractivity contribution >= 4 is 23.2 Å². The van der Waals surface area contributed by atoms with Crippen LogP contribution in [0.25, 0.3) is 0 Å². The van der Waals surface area contributed by atoms with Crippen molar-refractivity contribution in [3.8, 4) is 0 Å². The zero-order valence-corrected chi connectivity index (χ0v) is 14.5. The molecule has 0 radical (unpaired) electrons. The molecule has 3 rings (SSSR count). The minimum atomic E-state index is -0.0679. The molecule has 4 nitrogen and oxygen atoms in total. The van der Waals surface area contributed by atoms with Gasteiger partial charge in [0.25, 0.3) is 0 Å². The van der Waals surface area contributed by atoms with Crippen molar-refractivity contribution in [1.29, 1.82) is 0 Å². The maximum atomic E-state index is 12.3. The van der Waals surface area contributed by atoms with Crippen molar-refractivity contribution in [3.05, 3.63) is 64.7 Å². The highest BCUT2D eigenvalue weighted by molar-refractivity contribution is 6.33. The third-order valence-corrected chi connectivity index (χ3v) is 4.75. The highest BCUT2D eigenvalue weighted by Gasteiger charge is 2.32. The van der Waals surface area contributed by atoms with Crippen LogP contribution in [-0.2, 0) is 4.79 Å². The summed E-state index contributed by atoms with van der Waals surface area (Å²) in [4.78, 5) is 14.4. The SMILES string of the molecule is Cc1ccc(NC(=O)CN2C[C@@H](N)[C@H](c3ccccc3)C2)c(Cl)c1. The molecule has 5 heteroatoms. The van der Waals surface area contributed by atoms with Gasteiger partial charge in [-0.2, -0.15) is 0 Å². The molecule has 2 aromatic carbocycles. The highest BCUT2D eigenvalue weighted by atomic mass is 35.5. The summed E-state index contributed by atoms with van der Waals surface area (Å²) in [6.45, 7) is 3.79. The molecule has 0 aromatic heterocycles. The highest BCUT2D eigenvalue weighted by Crippen LogP contribution is 2.26. The van der Waals surface area contributed by atoms with Gasteiger partial charge in [0.1, 0.15) is 0 Å². The number of nitrogens with zero attached hydrogens (tertiary/aromatic N) is 1. The number of nitrogens with one attached hydrogen (secondary N) is 1. The van der Waals surface area contributed by atoms with Crippen molar-refractivity contribution in [2.75, 3.05) is 25.0 Å². The zero-order chi connectivity index (χ0) is 17.1. The molecule has 126 valence electrons. The average molecular weight is 344 g/mol. The van der Waals surface area contributed by atoms with Crippen LogP contribution in [0, 0.1) is 6.92 Å². The summed E-state index contributed by atoms with van der Waals surface area (Å²) in [7, 11) is 0. The first kappa shape index (κ1) is 17.0. The molecule has 24 heavy (non-hydrogen) atoms. The largest absolute Gasteiger partial charge is 0.326 e. The number of halogens is 1. The van der Waals surface area contributed by atoms with E-state index in [9.17, 15) is 4.79 Å². The van der Waals surface area contributed by atoms with E-state index in [1.54, 1.807) is 0 Å². The van der Waals surface area contributed by atoms with Crippen LogP contribution in [0.4, 0.5) is 5.69 Å². The third kappa shape index (κ3) is 3.96. The van der Waals surface area contributed by atoms with Gasteiger partial charge in [-0.1, -0.05) is 48.0 Å². The molecule has 0 saturated carbocycles. The first-order chi connectivity index (χ1) is 11.5. The molecule has 0 bridgehead atoms. The normalized spacial score (nSPS) is 21.0. The molecule has 1 heterocycles. The topological polar surface area (TPSA) is 58.4 Å². The van der Waals surface area contributed by atoms with E-state index in [-0.39, 0.29) is 17.9 Å². The summed E-state index contributed by atoms with van der Waals surface area (Å²) in [6, 6.07) is 15.9. The number of hydrogen-bond donors (Lipinski definition) is 2. The van der Waals surface area contributed by atoms with Gasteiger partial charge in [0.05, 0.1) is 17.3 Å². The number of benzene rings is 2. The Morgan fingerprint density at radius 1 is 1.25 bits per heavy atom. The Bertz CT molecular complexity index is 720. The lowest BCUT2D eigenvalue weighted by molar-refractivity contribution is -0.117. The van der Waals surface area contributed by atoms with E-state index in [1.807, 2.05) is 43.3 Å². The Morgan fingerprint density at radius 3 is 2.71 bits per heavy atom. The number of likely N-dealkylation sites (tertiary alicyclic amines) is 1. The van der Waals surface area contributed by atoms with Crippen molar-refractivity contribution in [2.24, 2.45) is 5.73 Å². The van der Waals surface area contributed by atoms with Gasteiger partial charge in [0.2, 0.25) is 5.91 Å². The molecule has 1 amide bonds. The van der Waals surface area contributed by atoms with Crippen LogP contribution in [0.15, 0.2) is 48.5 Å².